The first-order chi connectivity index (χ1) is 9.45. The predicted molar refractivity (Wildman–Crippen MR) is 83.4 cm³/mol. The fourth-order valence-corrected chi connectivity index (χ4v) is 4.19. The zero-order valence-corrected chi connectivity index (χ0v) is 13.6. The average Bonchev–Trinajstić information content (AvgIpc) is 2.37. The Morgan fingerprint density at radius 1 is 1.50 bits per heavy atom. The highest BCUT2D eigenvalue weighted by Crippen LogP contribution is 2.24. The largest absolute Gasteiger partial charge is 0.370 e. The lowest BCUT2D eigenvalue weighted by molar-refractivity contribution is 0.566. The highest BCUT2D eigenvalue weighted by atomic mass is 32.2. The number of nitrogens with zero attached hydrogens (tertiary/aromatic N) is 3. The van der Waals surface area contributed by atoms with Crippen molar-refractivity contribution in [2.24, 2.45) is 0 Å². The third kappa shape index (κ3) is 3.54. The molecule has 0 spiro atoms. The zero-order valence-electron chi connectivity index (χ0n) is 12.0. The Bertz CT molecular complexity index is 577. The molecule has 0 amide bonds. The van der Waals surface area contributed by atoms with E-state index >= 15 is 0 Å². The normalized spacial score (nSPS) is 21.8. The fraction of sp³-hybridized carbons (Fsp3) is 0.667. The Hall–Kier alpha value is -1.02. The molecular weight excluding hydrogens is 296 g/mol. The van der Waals surface area contributed by atoms with Gasteiger partial charge in [-0.15, -0.1) is 0 Å². The number of sulfone groups is 1. The van der Waals surface area contributed by atoms with E-state index in [1.165, 1.54) is 11.8 Å². The van der Waals surface area contributed by atoms with Gasteiger partial charge in [0.2, 0.25) is 0 Å². The first kappa shape index (κ1) is 15.4. The van der Waals surface area contributed by atoms with Gasteiger partial charge in [0, 0.05) is 25.2 Å². The van der Waals surface area contributed by atoms with Crippen LogP contribution in [0.4, 0.5) is 11.6 Å². The minimum Gasteiger partial charge on any atom is -0.370 e. The molecule has 1 unspecified atom stereocenters. The van der Waals surface area contributed by atoms with Gasteiger partial charge in [-0.25, -0.2) is 18.4 Å². The molecule has 1 aromatic rings. The molecule has 0 bridgehead atoms. The minimum absolute atomic E-state index is 0.0622. The molecule has 20 heavy (non-hydrogen) atoms. The van der Waals surface area contributed by atoms with Crippen LogP contribution in [-0.4, -0.2) is 55.3 Å². The van der Waals surface area contributed by atoms with Crippen molar-refractivity contribution in [2.45, 2.75) is 25.0 Å². The van der Waals surface area contributed by atoms with Crippen molar-refractivity contribution in [3.63, 3.8) is 0 Å². The first-order valence-electron chi connectivity index (χ1n) is 6.59. The molecule has 1 fully saturated rings. The quantitative estimate of drug-likeness (QED) is 0.662. The van der Waals surface area contributed by atoms with Crippen LogP contribution in [0.25, 0.3) is 0 Å². The molecule has 8 heteroatoms. The van der Waals surface area contributed by atoms with Gasteiger partial charge in [-0.2, -0.15) is 0 Å². The van der Waals surface area contributed by atoms with E-state index in [4.69, 9.17) is 0 Å². The van der Waals surface area contributed by atoms with E-state index in [1.807, 2.05) is 31.1 Å². The van der Waals surface area contributed by atoms with Crippen LogP contribution in [0.15, 0.2) is 11.2 Å². The Morgan fingerprint density at radius 3 is 2.85 bits per heavy atom. The summed E-state index contributed by atoms with van der Waals surface area (Å²) in [6.07, 6.45) is 1.93. The summed E-state index contributed by atoms with van der Waals surface area (Å²) in [7, 11) is -2.91. The average molecular weight is 316 g/mol. The predicted octanol–water partition coefficient (Wildman–Crippen LogP) is 1.25. The molecule has 6 nitrogen and oxygen atoms in total. The van der Waals surface area contributed by atoms with Crippen molar-refractivity contribution in [1.29, 1.82) is 0 Å². The summed E-state index contributed by atoms with van der Waals surface area (Å²) in [6.45, 7) is 5.20. The smallest absolute Gasteiger partial charge is 0.191 e. The molecule has 2 rings (SSSR count). The van der Waals surface area contributed by atoms with Gasteiger partial charge in [0.05, 0.1) is 11.5 Å². The molecule has 1 aliphatic rings. The molecule has 0 radical (unpaired) electrons. The van der Waals surface area contributed by atoms with Crippen molar-refractivity contribution in [3.8, 4) is 0 Å². The van der Waals surface area contributed by atoms with Gasteiger partial charge < -0.3 is 10.2 Å². The molecule has 1 N–H and O–H groups in total. The maximum absolute atomic E-state index is 11.7. The summed E-state index contributed by atoms with van der Waals surface area (Å²) in [4.78, 5) is 10.9. The van der Waals surface area contributed by atoms with E-state index < -0.39 is 9.84 Å². The SMILES string of the molecule is CCNc1cc(N2CCS(=O)(=O)CC2C)nc(SC)n1. The second-order valence-corrected chi connectivity index (χ2v) is 7.79. The summed E-state index contributed by atoms with van der Waals surface area (Å²) in [5.41, 5.74) is 0. The Kier molecular flexibility index (Phi) is 4.74. The molecule has 1 aliphatic heterocycles. The van der Waals surface area contributed by atoms with Crippen LogP contribution in [0.2, 0.25) is 0 Å². The van der Waals surface area contributed by atoms with Gasteiger partial charge in [0.1, 0.15) is 11.6 Å². The van der Waals surface area contributed by atoms with E-state index in [9.17, 15) is 8.42 Å². The lowest BCUT2D eigenvalue weighted by Gasteiger charge is -2.34. The van der Waals surface area contributed by atoms with Crippen LogP contribution in [0.3, 0.4) is 0 Å². The lowest BCUT2D eigenvalue weighted by atomic mass is 10.3. The van der Waals surface area contributed by atoms with Crippen LogP contribution in [-0.2, 0) is 9.84 Å². The minimum atomic E-state index is -2.91. The van der Waals surface area contributed by atoms with E-state index in [0.717, 1.165) is 18.2 Å². The van der Waals surface area contributed by atoms with Crippen molar-refractivity contribution in [1.82, 2.24) is 9.97 Å². The Morgan fingerprint density at radius 2 is 2.25 bits per heavy atom. The first-order valence-corrected chi connectivity index (χ1v) is 9.64. The maximum Gasteiger partial charge on any atom is 0.191 e. The molecule has 112 valence electrons. The molecule has 1 aromatic heterocycles. The van der Waals surface area contributed by atoms with Crippen molar-refractivity contribution >= 4 is 33.2 Å². The van der Waals surface area contributed by atoms with Crippen molar-refractivity contribution in [3.05, 3.63) is 6.07 Å². The van der Waals surface area contributed by atoms with Crippen LogP contribution in [0, 0.1) is 0 Å². The molecule has 1 atom stereocenters. The van der Waals surface area contributed by atoms with Crippen LogP contribution in [0.1, 0.15) is 13.8 Å². The standard InChI is InChI=1S/C12H20N4O2S2/c1-4-13-10-7-11(15-12(14-10)19-3)16-5-6-20(17,18)8-9(16)2/h7,9H,4-6,8H2,1-3H3,(H,13,14,15). The van der Waals surface area contributed by atoms with E-state index in [-0.39, 0.29) is 17.5 Å². The molecule has 0 aromatic carbocycles. The van der Waals surface area contributed by atoms with Crippen molar-refractivity contribution in [2.75, 3.05) is 41.1 Å². The monoisotopic (exact) mass is 316 g/mol. The molecule has 1 saturated heterocycles. The van der Waals surface area contributed by atoms with Gasteiger partial charge >= 0.3 is 0 Å². The number of nitrogens with one attached hydrogen (secondary N) is 1. The van der Waals surface area contributed by atoms with Gasteiger partial charge in [-0.3, -0.25) is 0 Å². The fourth-order valence-electron chi connectivity index (χ4n) is 2.26. The highest BCUT2D eigenvalue weighted by Gasteiger charge is 2.29. The number of rotatable bonds is 4. The number of thioether (sulfide) groups is 1. The number of aromatic nitrogens is 2. The summed E-state index contributed by atoms with van der Waals surface area (Å²) in [5, 5.41) is 3.88. The Balaban J connectivity index is 2.29. The molecule has 0 aliphatic carbocycles. The number of hydrogen-bond acceptors (Lipinski definition) is 7. The van der Waals surface area contributed by atoms with E-state index in [1.54, 1.807) is 0 Å². The van der Waals surface area contributed by atoms with Gasteiger partial charge in [-0.05, 0) is 20.1 Å². The van der Waals surface area contributed by atoms with Crippen molar-refractivity contribution < 1.29 is 8.42 Å². The van der Waals surface area contributed by atoms with E-state index in [0.29, 0.717) is 11.7 Å². The second-order valence-electron chi connectivity index (χ2n) is 4.79. The number of hydrogen-bond donors (Lipinski definition) is 1. The molecule has 2 heterocycles. The van der Waals surface area contributed by atoms with Gasteiger partial charge in [0.15, 0.2) is 15.0 Å². The summed E-state index contributed by atoms with van der Waals surface area (Å²) in [5.74, 6) is 1.94. The van der Waals surface area contributed by atoms with Crippen LogP contribution >= 0.6 is 11.8 Å². The zero-order chi connectivity index (χ0) is 14.8. The molecule has 0 saturated carbocycles. The maximum atomic E-state index is 11.7. The summed E-state index contributed by atoms with van der Waals surface area (Å²) >= 11 is 1.48. The highest BCUT2D eigenvalue weighted by molar-refractivity contribution is 7.98. The second kappa shape index (κ2) is 6.17. The summed E-state index contributed by atoms with van der Waals surface area (Å²) in [6, 6.07) is 1.82. The van der Waals surface area contributed by atoms with Crippen LogP contribution in [0.5, 0.6) is 0 Å². The molecular formula is C12H20N4O2S2. The lowest BCUT2D eigenvalue weighted by Crippen LogP contribution is -2.47. The third-order valence-corrected chi connectivity index (χ3v) is 5.54. The topological polar surface area (TPSA) is 75.2 Å². The van der Waals surface area contributed by atoms with Crippen LogP contribution < -0.4 is 10.2 Å². The van der Waals surface area contributed by atoms with E-state index in [2.05, 4.69) is 15.3 Å². The van der Waals surface area contributed by atoms with Gasteiger partial charge in [-0.1, -0.05) is 11.8 Å². The third-order valence-electron chi connectivity index (χ3n) is 3.20. The summed E-state index contributed by atoms with van der Waals surface area (Å²) < 4.78 is 23.3. The van der Waals surface area contributed by atoms with Gasteiger partial charge in [0.25, 0.3) is 0 Å². The Labute approximate surface area is 124 Å². The number of anilines is 2.